The highest BCUT2D eigenvalue weighted by Gasteiger charge is 2.10. The fourth-order valence-corrected chi connectivity index (χ4v) is 1.12. The van der Waals surface area contributed by atoms with Gasteiger partial charge >= 0.3 is 0 Å². The van der Waals surface area contributed by atoms with Crippen molar-refractivity contribution in [3.8, 4) is 0 Å². The predicted octanol–water partition coefficient (Wildman–Crippen LogP) is 2.04. The molecule has 1 fully saturated rings. The van der Waals surface area contributed by atoms with Crippen molar-refractivity contribution in [3.05, 3.63) is 0 Å². The zero-order chi connectivity index (χ0) is 8.69. The highest BCUT2D eigenvalue weighted by atomic mass is 16.2. The van der Waals surface area contributed by atoms with Crippen LogP contribution in [0.1, 0.15) is 39.5 Å². The zero-order valence-electron chi connectivity index (χ0n) is 7.89. The molecule has 0 radical (unpaired) electrons. The monoisotopic (exact) mass is 157 g/mol. The van der Waals surface area contributed by atoms with E-state index < -0.39 is 0 Å². The molecule has 0 unspecified atom stereocenters. The molecule has 0 atom stereocenters. The number of rotatable bonds is 0. The first kappa shape index (κ1) is 10.5. The van der Waals surface area contributed by atoms with Gasteiger partial charge in [-0.1, -0.05) is 20.3 Å². The number of carbonyl (C=O) groups excluding carboxylic acids is 1. The smallest absolute Gasteiger partial charge is 0.222 e. The van der Waals surface area contributed by atoms with E-state index in [0.29, 0.717) is 5.91 Å². The van der Waals surface area contributed by atoms with Gasteiger partial charge in [-0.3, -0.25) is 4.79 Å². The van der Waals surface area contributed by atoms with Crippen LogP contribution in [0.4, 0.5) is 0 Å². The van der Waals surface area contributed by atoms with E-state index in [4.69, 9.17) is 0 Å². The maximum absolute atomic E-state index is 10.9. The van der Waals surface area contributed by atoms with E-state index in [1.165, 1.54) is 12.8 Å². The molecule has 66 valence electrons. The van der Waals surface area contributed by atoms with E-state index in [2.05, 4.69) is 0 Å². The van der Waals surface area contributed by atoms with Gasteiger partial charge in [0.05, 0.1) is 0 Å². The molecule has 11 heavy (non-hydrogen) atoms. The Morgan fingerprint density at radius 3 is 2.45 bits per heavy atom. The quantitative estimate of drug-likeness (QED) is 0.527. The maximum atomic E-state index is 10.9. The van der Waals surface area contributed by atoms with E-state index in [-0.39, 0.29) is 0 Å². The lowest BCUT2D eigenvalue weighted by atomic mass is 10.2. The second kappa shape index (κ2) is 6.20. The third-order valence-corrected chi connectivity index (χ3v) is 1.81. The molecule has 0 aromatic heterocycles. The van der Waals surface area contributed by atoms with Crippen LogP contribution in [0.2, 0.25) is 0 Å². The number of hydrogen-bond donors (Lipinski definition) is 0. The molecular formula is C9H19NO. The van der Waals surface area contributed by atoms with Crippen molar-refractivity contribution in [2.75, 3.05) is 13.6 Å². The third-order valence-electron chi connectivity index (χ3n) is 1.81. The molecule has 1 heterocycles. The van der Waals surface area contributed by atoms with E-state index in [1.54, 1.807) is 0 Å². The van der Waals surface area contributed by atoms with Crippen molar-refractivity contribution in [2.45, 2.75) is 39.5 Å². The van der Waals surface area contributed by atoms with Crippen molar-refractivity contribution < 1.29 is 4.79 Å². The van der Waals surface area contributed by atoms with Crippen LogP contribution in [0.5, 0.6) is 0 Å². The van der Waals surface area contributed by atoms with Crippen LogP contribution in [0.25, 0.3) is 0 Å². The summed E-state index contributed by atoms with van der Waals surface area (Å²) < 4.78 is 0. The van der Waals surface area contributed by atoms with Crippen LogP contribution in [-0.2, 0) is 4.79 Å². The van der Waals surface area contributed by atoms with Crippen LogP contribution in [0, 0.1) is 0 Å². The lowest BCUT2D eigenvalue weighted by molar-refractivity contribution is -0.129. The first-order valence-electron chi connectivity index (χ1n) is 4.54. The largest absolute Gasteiger partial charge is 0.346 e. The minimum absolute atomic E-state index is 0.313. The van der Waals surface area contributed by atoms with Gasteiger partial charge < -0.3 is 4.90 Å². The molecule has 0 saturated carbocycles. The molecule has 1 rings (SSSR count). The Morgan fingerprint density at radius 2 is 1.82 bits per heavy atom. The van der Waals surface area contributed by atoms with Crippen LogP contribution >= 0.6 is 0 Å². The van der Waals surface area contributed by atoms with Crippen molar-refractivity contribution in [1.29, 1.82) is 0 Å². The van der Waals surface area contributed by atoms with Gasteiger partial charge in [-0.05, 0) is 12.8 Å². The lowest BCUT2D eigenvalue weighted by Gasteiger charge is -2.11. The van der Waals surface area contributed by atoms with Gasteiger partial charge in [0.25, 0.3) is 0 Å². The molecular weight excluding hydrogens is 138 g/mol. The van der Waals surface area contributed by atoms with Crippen LogP contribution < -0.4 is 0 Å². The number of likely N-dealkylation sites (tertiary alicyclic amines) is 1. The van der Waals surface area contributed by atoms with Gasteiger partial charge in [-0.25, -0.2) is 0 Å². The summed E-state index contributed by atoms with van der Waals surface area (Å²) in [4.78, 5) is 12.8. The van der Waals surface area contributed by atoms with Crippen molar-refractivity contribution in [1.82, 2.24) is 4.90 Å². The number of amides is 1. The Morgan fingerprint density at radius 1 is 1.18 bits per heavy atom. The number of carbonyl (C=O) groups is 1. The van der Waals surface area contributed by atoms with Gasteiger partial charge in [0.1, 0.15) is 0 Å². The van der Waals surface area contributed by atoms with E-state index in [9.17, 15) is 4.79 Å². The lowest BCUT2D eigenvalue weighted by Crippen LogP contribution is -2.25. The third kappa shape index (κ3) is 4.02. The summed E-state index contributed by atoms with van der Waals surface area (Å²) in [5.74, 6) is 0.313. The molecule has 0 N–H and O–H groups in total. The summed E-state index contributed by atoms with van der Waals surface area (Å²) >= 11 is 0. The Hall–Kier alpha value is -0.530. The fourth-order valence-electron chi connectivity index (χ4n) is 1.12. The van der Waals surface area contributed by atoms with Gasteiger partial charge in [-0.2, -0.15) is 0 Å². The molecule has 2 heteroatoms. The molecule has 0 bridgehead atoms. The second-order valence-corrected chi connectivity index (χ2v) is 2.63. The Kier molecular flexibility index (Phi) is 5.90. The highest BCUT2D eigenvalue weighted by Crippen LogP contribution is 2.08. The van der Waals surface area contributed by atoms with Crippen LogP contribution in [-0.4, -0.2) is 24.4 Å². The molecule has 1 aliphatic rings. The second-order valence-electron chi connectivity index (χ2n) is 2.63. The SMILES string of the molecule is CC.CN1CCCCCC1=O. The topological polar surface area (TPSA) is 20.3 Å². The van der Waals surface area contributed by atoms with Gasteiger partial charge in [0, 0.05) is 20.0 Å². The number of hydrogen-bond acceptors (Lipinski definition) is 1. The van der Waals surface area contributed by atoms with Crippen molar-refractivity contribution >= 4 is 5.91 Å². The van der Waals surface area contributed by atoms with E-state index in [1.807, 2.05) is 25.8 Å². The maximum Gasteiger partial charge on any atom is 0.222 e. The molecule has 0 aromatic rings. The average molecular weight is 157 g/mol. The molecule has 0 aliphatic carbocycles. The molecule has 0 spiro atoms. The van der Waals surface area contributed by atoms with Crippen molar-refractivity contribution in [3.63, 3.8) is 0 Å². The van der Waals surface area contributed by atoms with Gasteiger partial charge in [0.2, 0.25) is 5.91 Å². The normalized spacial score (nSPS) is 18.5. The summed E-state index contributed by atoms with van der Waals surface area (Å²) in [6, 6.07) is 0. The number of nitrogens with zero attached hydrogens (tertiary/aromatic N) is 1. The van der Waals surface area contributed by atoms with E-state index >= 15 is 0 Å². The first-order valence-corrected chi connectivity index (χ1v) is 4.54. The Balaban J connectivity index is 0.000000461. The average Bonchev–Trinajstić information content (AvgIpc) is 2.22. The minimum atomic E-state index is 0.313. The van der Waals surface area contributed by atoms with E-state index in [0.717, 1.165) is 19.4 Å². The summed E-state index contributed by atoms with van der Waals surface area (Å²) in [5.41, 5.74) is 0. The summed E-state index contributed by atoms with van der Waals surface area (Å²) in [6.07, 6.45) is 4.25. The fraction of sp³-hybridized carbons (Fsp3) is 0.889. The van der Waals surface area contributed by atoms with Crippen LogP contribution in [0.3, 0.4) is 0 Å². The van der Waals surface area contributed by atoms with Crippen molar-refractivity contribution in [2.24, 2.45) is 0 Å². The van der Waals surface area contributed by atoms with Gasteiger partial charge in [0.15, 0.2) is 0 Å². The summed E-state index contributed by atoms with van der Waals surface area (Å²) in [5, 5.41) is 0. The first-order chi connectivity index (χ1) is 5.30. The van der Waals surface area contributed by atoms with Crippen LogP contribution in [0.15, 0.2) is 0 Å². The summed E-state index contributed by atoms with van der Waals surface area (Å²) in [7, 11) is 1.88. The molecule has 2 nitrogen and oxygen atoms in total. The highest BCUT2D eigenvalue weighted by molar-refractivity contribution is 5.75. The minimum Gasteiger partial charge on any atom is -0.346 e. The summed E-state index contributed by atoms with van der Waals surface area (Å²) in [6.45, 7) is 4.96. The zero-order valence-corrected chi connectivity index (χ0v) is 7.89. The molecule has 1 amide bonds. The predicted molar refractivity (Wildman–Crippen MR) is 47.5 cm³/mol. The molecule has 1 saturated heterocycles. The van der Waals surface area contributed by atoms with Gasteiger partial charge in [-0.15, -0.1) is 0 Å². The Bertz CT molecular complexity index is 112. The molecule has 1 aliphatic heterocycles. The standard InChI is InChI=1S/C7H13NO.C2H6/c1-8-6-4-2-3-5-7(8)9;1-2/h2-6H2,1H3;1-2H3. The molecule has 0 aromatic carbocycles. The Labute approximate surface area is 69.6 Å².